The first-order chi connectivity index (χ1) is 10.8. The third-order valence-corrected chi connectivity index (χ3v) is 9.07. The maximum Gasteiger partial charge on any atom is 0.303 e. The Morgan fingerprint density at radius 3 is 2.33 bits per heavy atom. The molecule has 1 heterocycles. The monoisotopic (exact) mass is 488 g/mol. The number of carbonyl (C=O) groups excluding carboxylic acids is 1. The molecule has 0 unspecified atom stereocenters. The van der Waals surface area contributed by atoms with Gasteiger partial charge in [0.2, 0.25) is 0 Å². The molecule has 7 atom stereocenters. The highest BCUT2D eigenvalue weighted by atomic mass is 79.9. The highest BCUT2D eigenvalue weighted by molar-refractivity contribution is 9.09. The Bertz CT molecular complexity index is 499. The standard InChI is InChI=1S/C17H27Br2ClO4/c1-9(21)23-14-7-12(18)15(2,3)24-17(14,5)10-6-13(19)16(4,20)8-11(10)22/h10-14,22H,6-8H2,1-5H3/t10-,11-,12-,13+,14-,16+,17-/m0/s1. The van der Waals surface area contributed by atoms with Crippen molar-refractivity contribution in [3.63, 3.8) is 0 Å². The molecule has 0 aromatic heterocycles. The van der Waals surface area contributed by atoms with Gasteiger partial charge in [-0.15, -0.1) is 11.6 Å². The molecule has 0 aromatic carbocycles. The molecule has 24 heavy (non-hydrogen) atoms. The Morgan fingerprint density at radius 2 is 1.79 bits per heavy atom. The lowest BCUT2D eigenvalue weighted by atomic mass is 9.67. The number of ether oxygens (including phenoxy) is 2. The van der Waals surface area contributed by atoms with Crippen LogP contribution in [0, 0.1) is 5.92 Å². The normalized spacial score (nSPS) is 48.8. The molecule has 1 saturated carbocycles. The van der Waals surface area contributed by atoms with Crippen molar-refractivity contribution in [1.82, 2.24) is 0 Å². The molecule has 1 saturated heterocycles. The van der Waals surface area contributed by atoms with Crippen LogP contribution in [-0.4, -0.2) is 49.0 Å². The van der Waals surface area contributed by atoms with Crippen LogP contribution in [0.1, 0.15) is 53.9 Å². The van der Waals surface area contributed by atoms with Crippen molar-refractivity contribution >= 4 is 49.4 Å². The molecule has 1 aliphatic carbocycles. The number of esters is 1. The number of rotatable bonds is 2. The first kappa shape index (κ1) is 20.9. The van der Waals surface area contributed by atoms with Crippen LogP contribution in [0.2, 0.25) is 0 Å². The van der Waals surface area contributed by atoms with Crippen LogP contribution in [0.4, 0.5) is 0 Å². The second-order valence-electron chi connectivity index (χ2n) is 8.05. The maximum absolute atomic E-state index is 11.6. The molecule has 2 aliphatic rings. The summed E-state index contributed by atoms with van der Waals surface area (Å²) >= 11 is 13.8. The van der Waals surface area contributed by atoms with E-state index in [0.717, 1.165) is 0 Å². The van der Waals surface area contributed by atoms with E-state index in [1.54, 1.807) is 0 Å². The molecule has 1 N–H and O–H groups in total. The average Bonchev–Trinajstić information content (AvgIpc) is 2.38. The van der Waals surface area contributed by atoms with E-state index in [1.807, 2.05) is 27.7 Å². The van der Waals surface area contributed by atoms with Gasteiger partial charge in [-0.3, -0.25) is 4.79 Å². The summed E-state index contributed by atoms with van der Waals surface area (Å²) in [5, 5.41) is 10.8. The fourth-order valence-electron chi connectivity index (χ4n) is 4.00. The van der Waals surface area contributed by atoms with Gasteiger partial charge in [0.1, 0.15) is 11.7 Å². The predicted octanol–water partition coefficient (Wildman–Crippen LogP) is 4.17. The Labute approximate surface area is 166 Å². The fraction of sp³-hybridized carbons (Fsp3) is 0.941. The van der Waals surface area contributed by atoms with Gasteiger partial charge in [-0.2, -0.15) is 0 Å². The average molecular weight is 491 g/mol. The molecular weight excluding hydrogens is 463 g/mol. The Morgan fingerprint density at radius 1 is 1.21 bits per heavy atom. The van der Waals surface area contributed by atoms with Crippen molar-refractivity contribution in [3.8, 4) is 0 Å². The van der Waals surface area contributed by atoms with Crippen molar-refractivity contribution in [1.29, 1.82) is 0 Å². The second kappa shape index (κ2) is 6.99. The zero-order valence-electron chi connectivity index (χ0n) is 14.8. The first-order valence-electron chi connectivity index (χ1n) is 8.32. The van der Waals surface area contributed by atoms with Gasteiger partial charge >= 0.3 is 5.97 Å². The molecule has 0 spiro atoms. The van der Waals surface area contributed by atoms with Crippen LogP contribution in [-0.2, 0) is 14.3 Å². The zero-order valence-corrected chi connectivity index (χ0v) is 18.7. The summed E-state index contributed by atoms with van der Waals surface area (Å²) in [5.41, 5.74) is -1.22. The molecule has 0 amide bonds. The lowest BCUT2D eigenvalue weighted by Gasteiger charge is -2.56. The quantitative estimate of drug-likeness (QED) is 0.466. The zero-order chi connectivity index (χ0) is 18.5. The van der Waals surface area contributed by atoms with Gasteiger partial charge in [0, 0.05) is 28.9 Å². The van der Waals surface area contributed by atoms with Gasteiger partial charge < -0.3 is 14.6 Å². The molecule has 2 fully saturated rings. The number of hydrogen-bond acceptors (Lipinski definition) is 4. The molecular formula is C17H27Br2ClO4. The summed E-state index contributed by atoms with van der Waals surface area (Å²) in [7, 11) is 0. The molecule has 0 aromatic rings. The van der Waals surface area contributed by atoms with Gasteiger partial charge in [-0.1, -0.05) is 31.9 Å². The highest BCUT2D eigenvalue weighted by Crippen LogP contribution is 2.51. The third kappa shape index (κ3) is 3.98. The number of aliphatic hydroxyl groups is 1. The highest BCUT2D eigenvalue weighted by Gasteiger charge is 2.58. The topological polar surface area (TPSA) is 55.8 Å². The van der Waals surface area contributed by atoms with Crippen LogP contribution in [0.3, 0.4) is 0 Å². The van der Waals surface area contributed by atoms with Gasteiger partial charge in [0.25, 0.3) is 0 Å². The minimum atomic E-state index is -0.779. The Kier molecular flexibility index (Phi) is 6.10. The second-order valence-corrected chi connectivity index (χ2v) is 11.1. The minimum Gasteiger partial charge on any atom is -0.459 e. The fourth-order valence-corrected chi connectivity index (χ4v) is 5.27. The van der Waals surface area contributed by atoms with Gasteiger partial charge in [0.15, 0.2) is 0 Å². The number of carbonyl (C=O) groups is 1. The molecule has 4 nitrogen and oxygen atoms in total. The molecule has 2 rings (SSSR count). The lowest BCUT2D eigenvalue weighted by Crippen LogP contribution is -2.65. The summed E-state index contributed by atoms with van der Waals surface area (Å²) in [6, 6.07) is 0. The molecule has 7 heteroatoms. The van der Waals surface area contributed by atoms with Crippen LogP contribution in [0.25, 0.3) is 0 Å². The van der Waals surface area contributed by atoms with E-state index in [4.69, 9.17) is 21.1 Å². The van der Waals surface area contributed by atoms with Gasteiger partial charge in [0.05, 0.1) is 16.6 Å². The van der Waals surface area contributed by atoms with E-state index >= 15 is 0 Å². The van der Waals surface area contributed by atoms with E-state index in [2.05, 4.69) is 31.9 Å². The van der Waals surface area contributed by atoms with Crippen molar-refractivity contribution in [3.05, 3.63) is 0 Å². The summed E-state index contributed by atoms with van der Waals surface area (Å²) in [6.07, 6.45) is 0.702. The Hall–Kier alpha value is 0.640. The SMILES string of the molecule is CC(=O)O[C@H]1C[C@H](Br)C(C)(C)O[C@@]1(C)[C@H]1C[C@@H](Br)[C@](C)(Cl)C[C@@H]1O. The van der Waals surface area contributed by atoms with Gasteiger partial charge in [-0.05, 0) is 40.5 Å². The molecule has 0 bridgehead atoms. The van der Waals surface area contributed by atoms with Crippen molar-refractivity contribution in [2.45, 2.75) is 91.8 Å². The molecule has 1 aliphatic heterocycles. The van der Waals surface area contributed by atoms with Crippen molar-refractivity contribution < 1.29 is 19.4 Å². The summed E-state index contributed by atoms with van der Waals surface area (Å²) in [4.78, 5) is 11.2. The van der Waals surface area contributed by atoms with E-state index < -0.39 is 28.3 Å². The number of aliphatic hydroxyl groups excluding tert-OH is 1. The van der Waals surface area contributed by atoms with Crippen LogP contribution in [0.5, 0.6) is 0 Å². The van der Waals surface area contributed by atoms with Crippen LogP contribution in [0.15, 0.2) is 0 Å². The minimum absolute atomic E-state index is 0.0447. The smallest absolute Gasteiger partial charge is 0.303 e. The van der Waals surface area contributed by atoms with Crippen molar-refractivity contribution in [2.75, 3.05) is 0 Å². The summed E-state index contributed by atoms with van der Waals surface area (Å²) in [5.74, 6) is -0.519. The summed E-state index contributed by atoms with van der Waals surface area (Å²) < 4.78 is 12.1. The van der Waals surface area contributed by atoms with E-state index in [-0.39, 0.29) is 21.5 Å². The Balaban J connectivity index is 2.35. The number of hydrogen-bond donors (Lipinski definition) is 1. The van der Waals surface area contributed by atoms with E-state index in [1.165, 1.54) is 6.92 Å². The molecule has 0 radical (unpaired) electrons. The maximum atomic E-state index is 11.6. The summed E-state index contributed by atoms with van der Waals surface area (Å²) in [6.45, 7) is 9.32. The lowest BCUT2D eigenvalue weighted by molar-refractivity contribution is -0.257. The molecule has 140 valence electrons. The van der Waals surface area contributed by atoms with Crippen LogP contribution >= 0.6 is 43.5 Å². The van der Waals surface area contributed by atoms with Crippen LogP contribution < -0.4 is 0 Å². The van der Waals surface area contributed by atoms with E-state index in [0.29, 0.717) is 19.3 Å². The largest absolute Gasteiger partial charge is 0.459 e. The van der Waals surface area contributed by atoms with E-state index in [9.17, 15) is 9.90 Å². The number of halogens is 3. The third-order valence-electron chi connectivity index (χ3n) is 5.53. The predicted molar refractivity (Wildman–Crippen MR) is 102 cm³/mol. The van der Waals surface area contributed by atoms with Gasteiger partial charge in [-0.25, -0.2) is 0 Å². The van der Waals surface area contributed by atoms with Crippen molar-refractivity contribution in [2.24, 2.45) is 5.92 Å². The first-order valence-corrected chi connectivity index (χ1v) is 10.5. The number of alkyl halides is 3.